The molecule has 0 bridgehead atoms. The van der Waals surface area contributed by atoms with Crippen LogP contribution in [0, 0.1) is 0 Å². The van der Waals surface area contributed by atoms with Gasteiger partial charge in [0.15, 0.2) is 0 Å². The third kappa shape index (κ3) is 2.55. The average Bonchev–Trinajstić information content (AvgIpc) is 2.14. The summed E-state index contributed by atoms with van der Waals surface area (Å²) in [5.74, 6) is -0.335. The fourth-order valence-electron chi connectivity index (χ4n) is 1.07. The van der Waals surface area contributed by atoms with E-state index in [2.05, 4.69) is 4.98 Å². The molecule has 0 saturated carbocycles. The summed E-state index contributed by atoms with van der Waals surface area (Å²) in [5, 5.41) is -0.826. The van der Waals surface area contributed by atoms with E-state index in [1.807, 2.05) is 0 Å². The topological polar surface area (TPSA) is 12.9 Å². The van der Waals surface area contributed by atoms with E-state index in [4.69, 9.17) is 23.2 Å². The number of alkyl halides is 6. The van der Waals surface area contributed by atoms with Gasteiger partial charge >= 0.3 is 6.18 Å². The molecule has 8 heteroatoms. The molecule has 0 atom stereocenters. The number of nitrogens with zero attached hydrogens (tertiary/aromatic N) is 1. The molecule has 0 unspecified atom stereocenters. The van der Waals surface area contributed by atoms with Crippen LogP contribution in [0.3, 0.4) is 0 Å². The SMILES string of the molecule is FC(F)c1ncc(CCl)c(Cl)c1C(F)(F)F. The molecule has 1 heterocycles. The second kappa shape index (κ2) is 4.71. The van der Waals surface area contributed by atoms with E-state index in [-0.39, 0.29) is 11.4 Å². The Labute approximate surface area is 97.2 Å². The van der Waals surface area contributed by atoms with Crippen molar-refractivity contribution < 1.29 is 22.0 Å². The molecule has 0 aliphatic carbocycles. The van der Waals surface area contributed by atoms with Gasteiger partial charge in [0.1, 0.15) is 11.3 Å². The van der Waals surface area contributed by atoms with Gasteiger partial charge in [-0.2, -0.15) is 13.2 Å². The van der Waals surface area contributed by atoms with Crippen LogP contribution >= 0.6 is 23.2 Å². The first-order chi connectivity index (χ1) is 7.29. The van der Waals surface area contributed by atoms with Crippen LogP contribution in [0.5, 0.6) is 0 Å². The Morgan fingerprint density at radius 3 is 2.25 bits per heavy atom. The highest BCUT2D eigenvalue weighted by Gasteiger charge is 2.40. The molecule has 1 aromatic rings. The smallest absolute Gasteiger partial charge is 0.254 e. The summed E-state index contributed by atoms with van der Waals surface area (Å²) in [6.07, 6.45) is -7.53. The molecule has 1 rings (SSSR count). The van der Waals surface area contributed by atoms with E-state index in [1.54, 1.807) is 0 Å². The zero-order valence-corrected chi connectivity index (χ0v) is 8.97. The van der Waals surface area contributed by atoms with Crippen LogP contribution < -0.4 is 0 Å². The maximum absolute atomic E-state index is 12.5. The van der Waals surface area contributed by atoms with E-state index in [1.165, 1.54) is 0 Å². The van der Waals surface area contributed by atoms with Gasteiger partial charge in [0.25, 0.3) is 6.43 Å². The highest BCUT2D eigenvalue weighted by Crippen LogP contribution is 2.41. The van der Waals surface area contributed by atoms with Crippen molar-refractivity contribution in [2.24, 2.45) is 0 Å². The van der Waals surface area contributed by atoms with Gasteiger partial charge in [-0.05, 0) is 0 Å². The van der Waals surface area contributed by atoms with E-state index in [0.29, 0.717) is 0 Å². The zero-order chi connectivity index (χ0) is 12.5. The fourth-order valence-corrected chi connectivity index (χ4v) is 1.66. The second-order valence-corrected chi connectivity index (χ2v) is 3.43. The molecule has 0 N–H and O–H groups in total. The standard InChI is InChI=1S/C8H4Cl2F5N/c9-1-3-2-16-6(7(11)12)4(5(3)10)8(13,14)15/h2,7H,1H2. The lowest BCUT2D eigenvalue weighted by Gasteiger charge is -2.14. The first-order valence-electron chi connectivity index (χ1n) is 3.87. The Morgan fingerprint density at radius 1 is 1.31 bits per heavy atom. The lowest BCUT2D eigenvalue weighted by atomic mass is 10.1. The maximum Gasteiger partial charge on any atom is 0.419 e. The molecule has 0 amide bonds. The number of hydrogen-bond donors (Lipinski definition) is 0. The van der Waals surface area contributed by atoms with Crippen LogP contribution in [0.25, 0.3) is 0 Å². The van der Waals surface area contributed by atoms with Gasteiger partial charge in [-0.25, -0.2) is 8.78 Å². The van der Waals surface area contributed by atoms with E-state index >= 15 is 0 Å². The summed E-state index contributed by atoms with van der Waals surface area (Å²) in [6, 6.07) is 0. The van der Waals surface area contributed by atoms with Crippen molar-refractivity contribution in [2.45, 2.75) is 18.5 Å². The van der Waals surface area contributed by atoms with Gasteiger partial charge < -0.3 is 0 Å². The number of rotatable bonds is 2. The summed E-state index contributed by atoms with van der Waals surface area (Å²) in [4.78, 5) is 3.04. The van der Waals surface area contributed by atoms with E-state index in [0.717, 1.165) is 6.20 Å². The Bertz CT molecular complexity index is 391. The highest BCUT2D eigenvalue weighted by molar-refractivity contribution is 6.33. The summed E-state index contributed by atoms with van der Waals surface area (Å²) in [6.45, 7) is 0. The number of aromatic nitrogens is 1. The van der Waals surface area contributed by atoms with E-state index < -0.39 is 28.9 Å². The first-order valence-corrected chi connectivity index (χ1v) is 4.78. The van der Waals surface area contributed by atoms with Crippen molar-refractivity contribution in [1.82, 2.24) is 4.98 Å². The quantitative estimate of drug-likeness (QED) is 0.576. The van der Waals surface area contributed by atoms with Crippen LogP contribution in [-0.2, 0) is 12.1 Å². The highest BCUT2D eigenvalue weighted by atomic mass is 35.5. The molecule has 16 heavy (non-hydrogen) atoms. The normalized spacial score (nSPS) is 12.2. The maximum atomic E-state index is 12.5. The third-order valence-corrected chi connectivity index (χ3v) is 2.47. The minimum Gasteiger partial charge on any atom is -0.254 e. The minimum absolute atomic E-state index is 0.139. The van der Waals surface area contributed by atoms with Crippen LogP contribution in [-0.4, -0.2) is 4.98 Å². The van der Waals surface area contributed by atoms with Crippen LogP contribution in [0.2, 0.25) is 5.02 Å². The molecule has 1 aromatic heterocycles. The summed E-state index contributed by atoms with van der Waals surface area (Å²) >= 11 is 10.7. The fraction of sp³-hybridized carbons (Fsp3) is 0.375. The van der Waals surface area contributed by atoms with Gasteiger partial charge in [-0.1, -0.05) is 11.6 Å². The predicted molar refractivity (Wildman–Crippen MR) is 48.8 cm³/mol. The third-order valence-electron chi connectivity index (χ3n) is 1.75. The molecule has 0 aromatic carbocycles. The van der Waals surface area contributed by atoms with Crippen molar-refractivity contribution in [2.75, 3.05) is 0 Å². The Morgan fingerprint density at radius 2 is 1.88 bits per heavy atom. The van der Waals surface area contributed by atoms with Crippen LogP contribution in [0.4, 0.5) is 22.0 Å². The molecule has 0 fully saturated rings. The molecule has 90 valence electrons. The number of halogens is 7. The average molecular weight is 280 g/mol. The van der Waals surface area contributed by atoms with Crippen LogP contribution in [0.15, 0.2) is 6.20 Å². The lowest BCUT2D eigenvalue weighted by molar-refractivity contribution is -0.139. The first kappa shape index (κ1) is 13.4. The Kier molecular flexibility index (Phi) is 3.96. The molecule has 1 nitrogen and oxygen atoms in total. The van der Waals surface area contributed by atoms with Gasteiger partial charge in [0.2, 0.25) is 0 Å². The molecule has 0 spiro atoms. The van der Waals surface area contributed by atoms with Gasteiger partial charge in [0, 0.05) is 11.8 Å². The summed E-state index contributed by atoms with van der Waals surface area (Å²) in [5.41, 5.74) is -3.14. The molecule has 0 saturated heterocycles. The Hall–Kier alpha value is -0.620. The molecule has 0 aliphatic heterocycles. The van der Waals surface area contributed by atoms with Crippen molar-refractivity contribution in [3.05, 3.63) is 28.0 Å². The van der Waals surface area contributed by atoms with Crippen molar-refractivity contribution >= 4 is 23.2 Å². The largest absolute Gasteiger partial charge is 0.419 e. The predicted octanol–water partition coefficient (Wildman–Crippen LogP) is 4.43. The molecular formula is C8H4Cl2F5N. The lowest BCUT2D eigenvalue weighted by Crippen LogP contribution is -2.13. The monoisotopic (exact) mass is 279 g/mol. The number of pyridine rings is 1. The van der Waals surface area contributed by atoms with E-state index in [9.17, 15) is 22.0 Å². The molecule has 0 radical (unpaired) electrons. The van der Waals surface area contributed by atoms with Gasteiger partial charge in [0.05, 0.1) is 10.9 Å². The number of hydrogen-bond acceptors (Lipinski definition) is 1. The van der Waals surface area contributed by atoms with Crippen LogP contribution in [0.1, 0.15) is 23.2 Å². The summed E-state index contributed by atoms with van der Waals surface area (Å²) in [7, 11) is 0. The van der Waals surface area contributed by atoms with Gasteiger partial charge in [-0.3, -0.25) is 4.98 Å². The van der Waals surface area contributed by atoms with Crippen molar-refractivity contribution in [3.63, 3.8) is 0 Å². The molecule has 0 aliphatic rings. The second-order valence-electron chi connectivity index (χ2n) is 2.79. The van der Waals surface area contributed by atoms with Crippen molar-refractivity contribution in [1.29, 1.82) is 0 Å². The van der Waals surface area contributed by atoms with Gasteiger partial charge in [-0.15, -0.1) is 11.6 Å². The minimum atomic E-state index is -4.99. The molecular weight excluding hydrogens is 276 g/mol. The Balaban J connectivity index is 3.50. The zero-order valence-electron chi connectivity index (χ0n) is 7.45. The van der Waals surface area contributed by atoms with Crippen molar-refractivity contribution in [3.8, 4) is 0 Å². The summed E-state index contributed by atoms with van der Waals surface area (Å²) < 4.78 is 62.1.